The van der Waals surface area contributed by atoms with E-state index >= 15 is 0 Å². The van der Waals surface area contributed by atoms with Crippen LogP contribution >= 0.6 is 35.6 Å². The minimum absolute atomic E-state index is 0. The Morgan fingerprint density at radius 2 is 1.73 bits per heavy atom. The van der Waals surface area contributed by atoms with Crippen LogP contribution in [0.4, 0.5) is 0 Å². The van der Waals surface area contributed by atoms with Crippen LogP contribution in [0.25, 0.3) is 0 Å². The van der Waals surface area contributed by atoms with E-state index in [9.17, 15) is 4.79 Å². The van der Waals surface area contributed by atoms with Crippen LogP contribution in [0.1, 0.15) is 16.8 Å². The minimum atomic E-state index is 0. The van der Waals surface area contributed by atoms with Gasteiger partial charge < -0.3 is 10.2 Å². The number of hydrogen-bond acceptors (Lipinski definition) is 3. The van der Waals surface area contributed by atoms with E-state index in [2.05, 4.69) is 10.2 Å². The number of amides is 1. The molecule has 2 aliphatic heterocycles. The molecule has 4 nitrogen and oxygen atoms in total. The third kappa shape index (κ3) is 4.06. The van der Waals surface area contributed by atoms with Gasteiger partial charge >= 0.3 is 0 Å². The number of rotatable bonds is 2. The maximum absolute atomic E-state index is 12.5. The van der Waals surface area contributed by atoms with Gasteiger partial charge in [-0.25, -0.2) is 0 Å². The lowest BCUT2D eigenvalue weighted by atomic mass is 10.1. The molecule has 1 atom stereocenters. The Labute approximate surface area is 147 Å². The second kappa shape index (κ2) is 7.84. The molecule has 122 valence electrons. The number of carbonyl (C=O) groups excluding carboxylic acids is 1. The van der Waals surface area contributed by atoms with E-state index in [1.165, 1.54) is 6.42 Å². The summed E-state index contributed by atoms with van der Waals surface area (Å²) in [5, 5.41) is 4.39. The first-order valence-electron chi connectivity index (χ1n) is 7.33. The Kier molecular flexibility index (Phi) is 6.36. The topological polar surface area (TPSA) is 35.6 Å². The first kappa shape index (κ1) is 17.8. The molecule has 22 heavy (non-hydrogen) atoms. The molecule has 0 saturated carbocycles. The lowest BCUT2D eigenvalue weighted by Gasteiger charge is -2.37. The summed E-state index contributed by atoms with van der Waals surface area (Å²) < 4.78 is 0. The molecule has 3 rings (SSSR count). The fraction of sp³-hybridized carbons (Fsp3) is 0.533. The molecule has 1 aromatic carbocycles. The first-order chi connectivity index (χ1) is 10.1. The zero-order valence-corrected chi connectivity index (χ0v) is 14.6. The third-order valence-corrected chi connectivity index (χ3v) is 4.70. The maximum atomic E-state index is 12.5. The van der Waals surface area contributed by atoms with E-state index in [-0.39, 0.29) is 18.3 Å². The van der Waals surface area contributed by atoms with Gasteiger partial charge in [-0.05, 0) is 31.2 Å². The lowest BCUT2D eigenvalue weighted by Crippen LogP contribution is -2.52. The van der Waals surface area contributed by atoms with Crippen LogP contribution in [-0.2, 0) is 0 Å². The molecular weight excluding hydrogens is 345 g/mol. The van der Waals surface area contributed by atoms with Crippen LogP contribution in [-0.4, -0.2) is 61.0 Å². The molecule has 1 unspecified atom stereocenters. The van der Waals surface area contributed by atoms with Crippen molar-refractivity contribution in [3.8, 4) is 0 Å². The standard InChI is InChI=1S/C15H19Cl2N3O.ClH/c16-12-7-11(8-13(17)9-12)15(21)20-5-3-19(4-6-20)14-1-2-18-10-14;/h7-9,14,18H,1-6,10H2;1H. The molecule has 0 aromatic heterocycles. The van der Waals surface area contributed by atoms with Crippen molar-refractivity contribution in [2.45, 2.75) is 12.5 Å². The number of hydrogen-bond donors (Lipinski definition) is 1. The highest BCUT2D eigenvalue weighted by atomic mass is 35.5. The Morgan fingerprint density at radius 3 is 2.27 bits per heavy atom. The van der Waals surface area contributed by atoms with Gasteiger partial charge in [0.1, 0.15) is 0 Å². The van der Waals surface area contributed by atoms with Crippen LogP contribution in [0.2, 0.25) is 10.0 Å². The van der Waals surface area contributed by atoms with Gasteiger partial charge in [-0.15, -0.1) is 12.4 Å². The van der Waals surface area contributed by atoms with Crippen molar-refractivity contribution >= 4 is 41.5 Å². The average Bonchev–Trinajstić information content (AvgIpc) is 3.00. The van der Waals surface area contributed by atoms with Gasteiger partial charge in [0.05, 0.1) is 0 Å². The van der Waals surface area contributed by atoms with Crippen LogP contribution < -0.4 is 5.32 Å². The Hall–Kier alpha value is -0.520. The van der Waals surface area contributed by atoms with Crippen molar-refractivity contribution in [3.63, 3.8) is 0 Å². The summed E-state index contributed by atoms with van der Waals surface area (Å²) in [7, 11) is 0. The van der Waals surface area contributed by atoms with Gasteiger partial charge in [-0.3, -0.25) is 9.69 Å². The second-order valence-corrected chi connectivity index (χ2v) is 6.51. The van der Waals surface area contributed by atoms with Gasteiger partial charge in [0.2, 0.25) is 0 Å². The number of piperazine rings is 1. The first-order valence-corrected chi connectivity index (χ1v) is 8.09. The summed E-state index contributed by atoms with van der Waals surface area (Å²) in [6.07, 6.45) is 1.21. The fourth-order valence-corrected chi connectivity index (χ4v) is 3.63. The third-order valence-electron chi connectivity index (χ3n) is 4.26. The monoisotopic (exact) mass is 363 g/mol. The maximum Gasteiger partial charge on any atom is 0.254 e. The second-order valence-electron chi connectivity index (χ2n) is 5.63. The quantitative estimate of drug-likeness (QED) is 0.876. The molecular formula is C15H20Cl3N3O. The summed E-state index contributed by atoms with van der Waals surface area (Å²) in [6, 6.07) is 5.64. The van der Waals surface area contributed by atoms with Crippen molar-refractivity contribution in [2.75, 3.05) is 39.3 Å². The Balaban J connectivity index is 0.00000176. The minimum Gasteiger partial charge on any atom is -0.336 e. The van der Waals surface area contributed by atoms with Gasteiger partial charge in [-0.1, -0.05) is 23.2 Å². The summed E-state index contributed by atoms with van der Waals surface area (Å²) >= 11 is 11.9. The molecule has 2 aliphatic rings. The number of nitrogens with one attached hydrogen (secondary N) is 1. The van der Waals surface area contributed by atoms with Crippen LogP contribution in [0.3, 0.4) is 0 Å². The highest BCUT2D eigenvalue weighted by molar-refractivity contribution is 6.35. The van der Waals surface area contributed by atoms with E-state index in [1.807, 2.05) is 4.90 Å². The van der Waals surface area contributed by atoms with Gasteiger partial charge in [0.15, 0.2) is 0 Å². The molecule has 1 amide bonds. The van der Waals surface area contributed by atoms with E-state index in [4.69, 9.17) is 23.2 Å². The van der Waals surface area contributed by atoms with Crippen LogP contribution in [0.15, 0.2) is 18.2 Å². The molecule has 2 fully saturated rings. The summed E-state index contributed by atoms with van der Waals surface area (Å²) in [4.78, 5) is 16.9. The fourth-order valence-electron chi connectivity index (χ4n) is 3.10. The molecule has 0 bridgehead atoms. The van der Waals surface area contributed by atoms with Crippen molar-refractivity contribution in [3.05, 3.63) is 33.8 Å². The van der Waals surface area contributed by atoms with E-state index in [0.717, 1.165) is 39.3 Å². The number of halogens is 3. The van der Waals surface area contributed by atoms with E-state index in [0.29, 0.717) is 21.7 Å². The number of benzene rings is 1. The summed E-state index contributed by atoms with van der Waals surface area (Å²) in [6.45, 7) is 5.57. The molecule has 0 aliphatic carbocycles. The van der Waals surface area contributed by atoms with E-state index in [1.54, 1.807) is 18.2 Å². The summed E-state index contributed by atoms with van der Waals surface area (Å²) in [5.41, 5.74) is 0.573. The van der Waals surface area contributed by atoms with Crippen LogP contribution in [0, 0.1) is 0 Å². The SMILES string of the molecule is Cl.O=C(c1cc(Cl)cc(Cl)c1)N1CCN(C2CCNC2)CC1. The average molecular weight is 365 g/mol. The van der Waals surface area contributed by atoms with Gasteiger partial charge in [0, 0.05) is 54.4 Å². The molecule has 0 radical (unpaired) electrons. The van der Waals surface area contributed by atoms with Gasteiger partial charge in [0.25, 0.3) is 5.91 Å². The summed E-state index contributed by atoms with van der Waals surface area (Å²) in [5.74, 6) is 0.0172. The van der Waals surface area contributed by atoms with Crippen molar-refractivity contribution in [1.29, 1.82) is 0 Å². The lowest BCUT2D eigenvalue weighted by molar-refractivity contribution is 0.0584. The molecule has 1 aromatic rings. The number of nitrogens with zero attached hydrogens (tertiary/aromatic N) is 2. The zero-order chi connectivity index (χ0) is 14.8. The molecule has 7 heteroatoms. The predicted octanol–water partition coefficient (Wildman–Crippen LogP) is 2.53. The van der Waals surface area contributed by atoms with E-state index < -0.39 is 0 Å². The van der Waals surface area contributed by atoms with Crippen molar-refractivity contribution in [1.82, 2.24) is 15.1 Å². The zero-order valence-electron chi connectivity index (χ0n) is 12.2. The Morgan fingerprint density at radius 1 is 1.09 bits per heavy atom. The van der Waals surface area contributed by atoms with Crippen LogP contribution in [0.5, 0.6) is 0 Å². The molecule has 0 spiro atoms. The Bertz CT molecular complexity index is 507. The van der Waals surface area contributed by atoms with Crippen molar-refractivity contribution in [2.24, 2.45) is 0 Å². The molecule has 2 saturated heterocycles. The highest BCUT2D eigenvalue weighted by Gasteiger charge is 2.28. The highest BCUT2D eigenvalue weighted by Crippen LogP contribution is 2.21. The number of carbonyl (C=O) groups is 1. The smallest absolute Gasteiger partial charge is 0.254 e. The van der Waals surface area contributed by atoms with Gasteiger partial charge in [-0.2, -0.15) is 0 Å². The predicted molar refractivity (Wildman–Crippen MR) is 92.5 cm³/mol. The molecule has 2 heterocycles. The normalized spacial score (nSPS) is 22.5. The molecule has 1 N–H and O–H groups in total. The van der Waals surface area contributed by atoms with Crippen molar-refractivity contribution < 1.29 is 4.79 Å². The largest absolute Gasteiger partial charge is 0.336 e.